The molecular weight excluding hydrogens is 218 g/mol. The van der Waals surface area contributed by atoms with Gasteiger partial charge in [0, 0.05) is 26.2 Å². The molecule has 2 heterocycles. The molecule has 0 unspecified atom stereocenters. The molecule has 1 saturated heterocycles. The van der Waals surface area contributed by atoms with Crippen LogP contribution in [0.2, 0.25) is 0 Å². The molecule has 5 nitrogen and oxygen atoms in total. The highest BCUT2D eigenvalue weighted by molar-refractivity contribution is 5.96. The van der Waals surface area contributed by atoms with Crippen molar-refractivity contribution in [1.82, 2.24) is 15.0 Å². The highest BCUT2D eigenvalue weighted by Crippen LogP contribution is 2.17. The summed E-state index contributed by atoms with van der Waals surface area (Å²) in [6.07, 6.45) is 0.728. The first-order valence-electron chi connectivity index (χ1n) is 6.06. The van der Waals surface area contributed by atoms with Gasteiger partial charge in [-0.05, 0) is 20.4 Å². The van der Waals surface area contributed by atoms with Crippen molar-refractivity contribution in [3.8, 4) is 0 Å². The summed E-state index contributed by atoms with van der Waals surface area (Å²) >= 11 is 0. The van der Waals surface area contributed by atoms with E-state index in [-0.39, 0.29) is 5.91 Å². The van der Waals surface area contributed by atoms with Crippen molar-refractivity contribution in [1.29, 1.82) is 0 Å². The van der Waals surface area contributed by atoms with Crippen molar-refractivity contribution < 1.29 is 9.32 Å². The van der Waals surface area contributed by atoms with E-state index in [1.165, 1.54) is 0 Å². The Labute approximate surface area is 101 Å². The van der Waals surface area contributed by atoms with E-state index in [9.17, 15) is 4.79 Å². The number of aromatic nitrogens is 1. The zero-order valence-corrected chi connectivity index (χ0v) is 10.7. The average molecular weight is 237 g/mol. The molecule has 0 spiro atoms. The molecule has 1 aliphatic rings. The van der Waals surface area contributed by atoms with Gasteiger partial charge in [-0.1, -0.05) is 12.1 Å². The Hall–Kier alpha value is -1.36. The summed E-state index contributed by atoms with van der Waals surface area (Å²) in [4.78, 5) is 16.5. The molecule has 1 aromatic rings. The third kappa shape index (κ3) is 2.34. The van der Waals surface area contributed by atoms with Crippen molar-refractivity contribution >= 4 is 5.91 Å². The molecule has 1 aliphatic heterocycles. The Morgan fingerprint density at radius 3 is 2.59 bits per heavy atom. The van der Waals surface area contributed by atoms with E-state index < -0.39 is 0 Å². The quantitative estimate of drug-likeness (QED) is 0.768. The smallest absolute Gasteiger partial charge is 0.259 e. The highest BCUT2D eigenvalue weighted by atomic mass is 16.5. The number of carbonyl (C=O) groups excluding carboxylic acids is 1. The Kier molecular flexibility index (Phi) is 3.47. The first kappa shape index (κ1) is 12.1. The van der Waals surface area contributed by atoms with Crippen molar-refractivity contribution in [3.05, 3.63) is 17.0 Å². The molecule has 0 aliphatic carbocycles. The summed E-state index contributed by atoms with van der Waals surface area (Å²) in [5.41, 5.74) is 1.43. The van der Waals surface area contributed by atoms with Crippen LogP contribution < -0.4 is 0 Å². The minimum atomic E-state index is 0.0636. The van der Waals surface area contributed by atoms with Crippen LogP contribution in [-0.4, -0.2) is 54.1 Å². The lowest BCUT2D eigenvalue weighted by Crippen LogP contribution is -2.47. The van der Waals surface area contributed by atoms with Crippen LogP contribution in [0.3, 0.4) is 0 Å². The van der Waals surface area contributed by atoms with Gasteiger partial charge in [-0.2, -0.15) is 0 Å². The van der Waals surface area contributed by atoms with Crippen LogP contribution in [0.1, 0.15) is 28.7 Å². The fourth-order valence-corrected chi connectivity index (χ4v) is 2.10. The predicted octanol–water partition coefficient (Wildman–Crippen LogP) is 0.933. The van der Waals surface area contributed by atoms with E-state index in [1.54, 1.807) is 6.92 Å². The molecule has 0 atom stereocenters. The van der Waals surface area contributed by atoms with Crippen LogP contribution in [0, 0.1) is 6.92 Å². The lowest BCUT2D eigenvalue weighted by atomic mass is 10.1. The number of piperazine rings is 1. The maximum Gasteiger partial charge on any atom is 0.259 e. The fourth-order valence-electron chi connectivity index (χ4n) is 2.10. The second kappa shape index (κ2) is 4.87. The minimum absolute atomic E-state index is 0.0636. The molecule has 5 heteroatoms. The molecule has 0 saturated carbocycles. The topological polar surface area (TPSA) is 49.6 Å². The van der Waals surface area contributed by atoms with E-state index in [4.69, 9.17) is 4.52 Å². The molecular formula is C12H19N3O2. The van der Waals surface area contributed by atoms with E-state index >= 15 is 0 Å². The van der Waals surface area contributed by atoms with Gasteiger partial charge in [0.2, 0.25) is 0 Å². The van der Waals surface area contributed by atoms with Gasteiger partial charge in [0.15, 0.2) is 0 Å². The van der Waals surface area contributed by atoms with Gasteiger partial charge in [-0.15, -0.1) is 0 Å². The molecule has 0 bridgehead atoms. The third-order valence-electron chi connectivity index (χ3n) is 3.27. The van der Waals surface area contributed by atoms with Gasteiger partial charge < -0.3 is 14.3 Å². The number of aryl methyl sites for hydroxylation is 2. The Balaban J connectivity index is 2.16. The maximum atomic E-state index is 12.4. The third-order valence-corrected chi connectivity index (χ3v) is 3.27. The molecule has 0 aromatic carbocycles. The second-order valence-corrected chi connectivity index (χ2v) is 4.51. The number of nitrogens with zero attached hydrogens (tertiary/aromatic N) is 3. The summed E-state index contributed by atoms with van der Waals surface area (Å²) < 4.78 is 5.11. The largest absolute Gasteiger partial charge is 0.361 e. The van der Waals surface area contributed by atoms with Gasteiger partial charge in [0.25, 0.3) is 5.91 Å². The van der Waals surface area contributed by atoms with Gasteiger partial charge in [-0.25, -0.2) is 0 Å². The summed E-state index contributed by atoms with van der Waals surface area (Å²) in [7, 11) is 2.07. The van der Waals surface area contributed by atoms with Crippen LogP contribution in [0.5, 0.6) is 0 Å². The fraction of sp³-hybridized carbons (Fsp3) is 0.667. The van der Waals surface area contributed by atoms with E-state index in [2.05, 4.69) is 17.1 Å². The minimum Gasteiger partial charge on any atom is -0.361 e. The molecule has 2 rings (SSSR count). The predicted molar refractivity (Wildman–Crippen MR) is 64.0 cm³/mol. The van der Waals surface area contributed by atoms with Crippen LogP contribution in [-0.2, 0) is 6.42 Å². The monoisotopic (exact) mass is 237 g/mol. The zero-order chi connectivity index (χ0) is 12.4. The average Bonchev–Trinajstić information content (AvgIpc) is 2.70. The zero-order valence-electron chi connectivity index (χ0n) is 10.7. The summed E-state index contributed by atoms with van der Waals surface area (Å²) in [6.45, 7) is 7.20. The molecule has 17 heavy (non-hydrogen) atoms. The Morgan fingerprint density at radius 2 is 2.00 bits per heavy atom. The number of amides is 1. The lowest BCUT2D eigenvalue weighted by Gasteiger charge is -2.32. The number of hydrogen-bond donors (Lipinski definition) is 0. The second-order valence-electron chi connectivity index (χ2n) is 4.51. The van der Waals surface area contributed by atoms with Crippen molar-refractivity contribution in [2.75, 3.05) is 33.2 Å². The molecule has 94 valence electrons. The lowest BCUT2D eigenvalue weighted by molar-refractivity contribution is 0.0661. The SMILES string of the molecule is CCc1noc(C)c1C(=O)N1CCN(C)CC1. The number of hydrogen-bond acceptors (Lipinski definition) is 4. The van der Waals surface area contributed by atoms with Gasteiger partial charge in [0.1, 0.15) is 11.3 Å². The normalized spacial score (nSPS) is 17.5. The highest BCUT2D eigenvalue weighted by Gasteiger charge is 2.26. The Morgan fingerprint density at radius 1 is 1.35 bits per heavy atom. The Bertz CT molecular complexity index is 406. The van der Waals surface area contributed by atoms with Crippen LogP contribution in [0.25, 0.3) is 0 Å². The van der Waals surface area contributed by atoms with E-state index in [0.29, 0.717) is 11.3 Å². The number of carbonyl (C=O) groups is 1. The first-order valence-corrected chi connectivity index (χ1v) is 6.06. The van der Waals surface area contributed by atoms with E-state index in [0.717, 1.165) is 38.3 Å². The van der Waals surface area contributed by atoms with Gasteiger partial charge >= 0.3 is 0 Å². The van der Waals surface area contributed by atoms with Crippen LogP contribution in [0.15, 0.2) is 4.52 Å². The molecule has 1 amide bonds. The maximum absolute atomic E-state index is 12.4. The first-order chi connectivity index (χ1) is 8.13. The molecule has 0 N–H and O–H groups in total. The van der Waals surface area contributed by atoms with Crippen molar-refractivity contribution in [3.63, 3.8) is 0 Å². The van der Waals surface area contributed by atoms with Crippen LogP contribution >= 0.6 is 0 Å². The van der Waals surface area contributed by atoms with Crippen molar-refractivity contribution in [2.45, 2.75) is 20.3 Å². The van der Waals surface area contributed by atoms with E-state index in [1.807, 2.05) is 11.8 Å². The molecule has 1 aromatic heterocycles. The summed E-state index contributed by atoms with van der Waals surface area (Å²) in [5.74, 6) is 0.694. The summed E-state index contributed by atoms with van der Waals surface area (Å²) in [5, 5.41) is 3.93. The summed E-state index contributed by atoms with van der Waals surface area (Å²) in [6, 6.07) is 0. The van der Waals surface area contributed by atoms with Gasteiger partial charge in [0.05, 0.1) is 5.69 Å². The van der Waals surface area contributed by atoms with Crippen molar-refractivity contribution in [2.24, 2.45) is 0 Å². The molecule has 1 fully saturated rings. The number of likely N-dealkylation sites (N-methyl/N-ethyl adjacent to an activating group) is 1. The standard InChI is InChI=1S/C12H19N3O2/c1-4-10-11(9(2)17-13-10)12(16)15-7-5-14(3)6-8-15/h4-8H2,1-3H3. The van der Waals surface area contributed by atoms with Crippen LogP contribution in [0.4, 0.5) is 0 Å². The number of rotatable bonds is 2. The van der Waals surface area contributed by atoms with Gasteiger partial charge in [-0.3, -0.25) is 4.79 Å². The molecule has 0 radical (unpaired) electrons.